The molecule has 8 nitrogen and oxygen atoms in total. The zero-order chi connectivity index (χ0) is 17.9. The van der Waals surface area contributed by atoms with Gasteiger partial charge in [0.25, 0.3) is 0 Å². The van der Waals surface area contributed by atoms with E-state index in [4.69, 9.17) is 9.47 Å². The third kappa shape index (κ3) is 6.91. The monoisotopic (exact) mass is 338 g/mol. The molecule has 0 N–H and O–H groups in total. The first-order valence-electron chi connectivity index (χ1n) is 7.12. The van der Waals surface area contributed by atoms with Crippen molar-refractivity contribution in [1.29, 1.82) is 0 Å². The molecule has 1 rings (SSSR count). The number of carbonyl (C=O) groups excluding carboxylic acids is 4. The predicted octanol–water partition coefficient (Wildman–Crippen LogP) is 1.13. The third-order valence-corrected chi connectivity index (χ3v) is 2.61. The standard InChI is InChI=1S/C16H18O8/c1-11(17)21-7-9-23-15(19)13-5-3-4-6-14(13)16(20)24-10-8-22-12(2)18/h3-6H,7-10H2,1-2H3. The summed E-state index contributed by atoms with van der Waals surface area (Å²) >= 11 is 0. The Hall–Kier alpha value is -2.90. The lowest BCUT2D eigenvalue weighted by Crippen LogP contribution is -2.18. The molecule has 130 valence electrons. The van der Waals surface area contributed by atoms with Crippen LogP contribution in [0.3, 0.4) is 0 Å². The Balaban J connectivity index is 2.59. The zero-order valence-electron chi connectivity index (χ0n) is 13.4. The van der Waals surface area contributed by atoms with E-state index in [1.165, 1.54) is 26.0 Å². The first-order valence-corrected chi connectivity index (χ1v) is 7.12. The number of rotatable bonds is 8. The van der Waals surface area contributed by atoms with Gasteiger partial charge in [-0.1, -0.05) is 12.1 Å². The van der Waals surface area contributed by atoms with E-state index in [0.29, 0.717) is 0 Å². The molecule has 0 aliphatic carbocycles. The average Bonchev–Trinajstić information content (AvgIpc) is 2.54. The maximum absolute atomic E-state index is 12.0. The van der Waals surface area contributed by atoms with E-state index in [9.17, 15) is 19.2 Å². The van der Waals surface area contributed by atoms with Gasteiger partial charge in [-0.05, 0) is 12.1 Å². The fourth-order valence-electron chi connectivity index (χ4n) is 1.63. The lowest BCUT2D eigenvalue weighted by molar-refractivity contribution is -0.142. The Labute approximate surface area is 138 Å². The normalized spacial score (nSPS) is 9.75. The lowest BCUT2D eigenvalue weighted by atomic mass is 10.1. The van der Waals surface area contributed by atoms with E-state index >= 15 is 0 Å². The van der Waals surface area contributed by atoms with Gasteiger partial charge in [0.1, 0.15) is 26.4 Å². The van der Waals surface area contributed by atoms with Crippen molar-refractivity contribution in [2.24, 2.45) is 0 Å². The largest absolute Gasteiger partial charge is 0.462 e. The summed E-state index contributed by atoms with van der Waals surface area (Å²) in [4.78, 5) is 45.2. The topological polar surface area (TPSA) is 105 Å². The molecule has 0 atom stereocenters. The first-order chi connectivity index (χ1) is 11.4. The van der Waals surface area contributed by atoms with Gasteiger partial charge in [0.15, 0.2) is 0 Å². The SMILES string of the molecule is CC(=O)OCCOC(=O)c1ccccc1C(=O)OCCOC(C)=O. The van der Waals surface area contributed by atoms with Gasteiger partial charge >= 0.3 is 23.9 Å². The van der Waals surface area contributed by atoms with Crippen LogP contribution in [-0.4, -0.2) is 50.3 Å². The van der Waals surface area contributed by atoms with Crippen molar-refractivity contribution in [2.75, 3.05) is 26.4 Å². The molecule has 24 heavy (non-hydrogen) atoms. The molecule has 0 aromatic heterocycles. The van der Waals surface area contributed by atoms with Crippen LogP contribution in [-0.2, 0) is 28.5 Å². The quantitative estimate of drug-likeness (QED) is 0.394. The summed E-state index contributed by atoms with van der Waals surface area (Å²) in [7, 11) is 0. The molecule has 1 aromatic carbocycles. The molecule has 0 bridgehead atoms. The summed E-state index contributed by atoms with van der Waals surface area (Å²) < 4.78 is 19.1. The molecule has 0 radical (unpaired) electrons. The summed E-state index contributed by atoms with van der Waals surface area (Å²) in [6.07, 6.45) is 0. The van der Waals surface area contributed by atoms with Gasteiger partial charge < -0.3 is 18.9 Å². The number of ether oxygens (including phenoxy) is 4. The molecule has 0 heterocycles. The molecule has 0 amide bonds. The van der Waals surface area contributed by atoms with Crippen LogP contribution in [0.4, 0.5) is 0 Å². The fraction of sp³-hybridized carbons (Fsp3) is 0.375. The van der Waals surface area contributed by atoms with Gasteiger partial charge in [-0.25, -0.2) is 9.59 Å². The molecule has 0 fully saturated rings. The van der Waals surface area contributed by atoms with E-state index < -0.39 is 23.9 Å². The minimum absolute atomic E-state index is 0.0258. The van der Waals surface area contributed by atoms with Crippen molar-refractivity contribution in [2.45, 2.75) is 13.8 Å². The first kappa shape index (κ1) is 19.1. The van der Waals surface area contributed by atoms with Gasteiger partial charge in [-0.15, -0.1) is 0 Å². The molecule has 0 saturated heterocycles. The van der Waals surface area contributed by atoms with Crippen LogP contribution >= 0.6 is 0 Å². The summed E-state index contributed by atoms with van der Waals surface area (Å²) in [6.45, 7) is 2.07. The fourth-order valence-corrected chi connectivity index (χ4v) is 1.63. The third-order valence-electron chi connectivity index (χ3n) is 2.61. The highest BCUT2D eigenvalue weighted by molar-refractivity contribution is 6.03. The smallest absolute Gasteiger partial charge is 0.339 e. The van der Waals surface area contributed by atoms with Gasteiger partial charge in [0, 0.05) is 13.8 Å². The van der Waals surface area contributed by atoms with Crippen LogP contribution in [0.1, 0.15) is 34.6 Å². The number of esters is 4. The second kappa shape index (κ2) is 9.98. The van der Waals surface area contributed by atoms with E-state index in [0.717, 1.165) is 0 Å². The summed E-state index contributed by atoms with van der Waals surface area (Å²) in [5.74, 6) is -2.45. The summed E-state index contributed by atoms with van der Waals surface area (Å²) in [5, 5.41) is 0. The van der Waals surface area contributed by atoms with E-state index in [-0.39, 0.29) is 37.6 Å². The number of hydrogen-bond donors (Lipinski definition) is 0. The highest BCUT2D eigenvalue weighted by Crippen LogP contribution is 2.12. The maximum atomic E-state index is 12.0. The van der Waals surface area contributed by atoms with E-state index in [1.54, 1.807) is 12.1 Å². The predicted molar refractivity (Wildman–Crippen MR) is 80.3 cm³/mol. The van der Waals surface area contributed by atoms with Crippen LogP contribution in [0.15, 0.2) is 24.3 Å². The van der Waals surface area contributed by atoms with Crippen molar-refractivity contribution in [3.8, 4) is 0 Å². The van der Waals surface area contributed by atoms with Crippen LogP contribution in [0.5, 0.6) is 0 Å². The maximum Gasteiger partial charge on any atom is 0.339 e. The second-order valence-corrected chi connectivity index (χ2v) is 4.50. The number of hydrogen-bond acceptors (Lipinski definition) is 8. The Morgan fingerprint density at radius 1 is 0.667 bits per heavy atom. The average molecular weight is 338 g/mol. The van der Waals surface area contributed by atoms with Gasteiger partial charge in [-0.3, -0.25) is 9.59 Å². The van der Waals surface area contributed by atoms with Gasteiger partial charge in [0.05, 0.1) is 11.1 Å². The summed E-state index contributed by atoms with van der Waals surface area (Å²) in [6, 6.07) is 5.96. The Morgan fingerprint density at radius 2 is 1.00 bits per heavy atom. The van der Waals surface area contributed by atoms with Crippen molar-refractivity contribution in [1.82, 2.24) is 0 Å². The van der Waals surface area contributed by atoms with Gasteiger partial charge in [-0.2, -0.15) is 0 Å². The molecular formula is C16H18O8. The molecule has 0 saturated carbocycles. The van der Waals surface area contributed by atoms with Crippen molar-refractivity contribution >= 4 is 23.9 Å². The van der Waals surface area contributed by atoms with E-state index in [1.807, 2.05) is 0 Å². The number of carbonyl (C=O) groups is 4. The molecular weight excluding hydrogens is 320 g/mol. The van der Waals surface area contributed by atoms with Crippen LogP contribution in [0, 0.1) is 0 Å². The molecule has 1 aromatic rings. The minimum Gasteiger partial charge on any atom is -0.462 e. The molecule has 8 heteroatoms. The number of benzene rings is 1. The van der Waals surface area contributed by atoms with Crippen LogP contribution in [0.2, 0.25) is 0 Å². The molecule has 0 spiro atoms. The highest BCUT2D eigenvalue weighted by Gasteiger charge is 2.19. The summed E-state index contributed by atoms with van der Waals surface area (Å²) in [5.41, 5.74) is 0.0515. The zero-order valence-corrected chi connectivity index (χ0v) is 13.4. The lowest BCUT2D eigenvalue weighted by Gasteiger charge is -2.10. The minimum atomic E-state index is -0.741. The second-order valence-electron chi connectivity index (χ2n) is 4.50. The van der Waals surface area contributed by atoms with Crippen molar-refractivity contribution < 1.29 is 38.1 Å². The molecule has 0 unspecified atom stereocenters. The van der Waals surface area contributed by atoms with Crippen LogP contribution in [0.25, 0.3) is 0 Å². The molecule has 0 aliphatic heterocycles. The Kier molecular flexibility index (Phi) is 7.97. The van der Waals surface area contributed by atoms with Crippen molar-refractivity contribution in [3.63, 3.8) is 0 Å². The van der Waals surface area contributed by atoms with Gasteiger partial charge in [0.2, 0.25) is 0 Å². The Morgan fingerprint density at radius 3 is 1.33 bits per heavy atom. The Bertz CT molecular complexity index is 555. The van der Waals surface area contributed by atoms with E-state index in [2.05, 4.69) is 9.47 Å². The van der Waals surface area contributed by atoms with Crippen LogP contribution < -0.4 is 0 Å². The molecule has 0 aliphatic rings. The highest BCUT2D eigenvalue weighted by atomic mass is 16.6. The van der Waals surface area contributed by atoms with Crippen molar-refractivity contribution in [3.05, 3.63) is 35.4 Å².